The SMILES string of the molecule is CCCCNS(=O)(=O)c1ccc(NC(=O)C2CC(=O)N(c3ccccc3C)C2)cc1. The molecule has 0 aromatic heterocycles. The van der Waals surface area contributed by atoms with E-state index in [0.29, 0.717) is 18.8 Å². The average Bonchev–Trinajstić information content (AvgIpc) is 3.10. The average molecular weight is 430 g/mol. The molecule has 2 amide bonds. The van der Waals surface area contributed by atoms with E-state index < -0.39 is 15.9 Å². The van der Waals surface area contributed by atoms with E-state index in [0.717, 1.165) is 24.1 Å². The van der Waals surface area contributed by atoms with Crippen LogP contribution >= 0.6 is 0 Å². The van der Waals surface area contributed by atoms with Gasteiger partial charge in [-0.15, -0.1) is 0 Å². The Kier molecular flexibility index (Phi) is 6.89. The maximum absolute atomic E-state index is 12.7. The van der Waals surface area contributed by atoms with Crippen LogP contribution in [-0.2, 0) is 19.6 Å². The molecule has 2 aromatic rings. The van der Waals surface area contributed by atoms with Crippen LogP contribution in [-0.4, -0.2) is 33.3 Å². The Balaban J connectivity index is 1.63. The highest BCUT2D eigenvalue weighted by atomic mass is 32.2. The van der Waals surface area contributed by atoms with Gasteiger partial charge in [-0.3, -0.25) is 9.59 Å². The van der Waals surface area contributed by atoms with Gasteiger partial charge in [0.2, 0.25) is 21.8 Å². The second-order valence-corrected chi connectivity index (χ2v) is 9.22. The summed E-state index contributed by atoms with van der Waals surface area (Å²) < 4.78 is 27.0. The molecule has 30 heavy (non-hydrogen) atoms. The van der Waals surface area contributed by atoms with Crippen molar-refractivity contribution >= 4 is 33.2 Å². The van der Waals surface area contributed by atoms with E-state index >= 15 is 0 Å². The van der Waals surface area contributed by atoms with Gasteiger partial charge in [-0.25, -0.2) is 13.1 Å². The van der Waals surface area contributed by atoms with E-state index in [1.807, 2.05) is 38.1 Å². The molecule has 1 fully saturated rings. The third-order valence-electron chi connectivity index (χ3n) is 5.16. The number of nitrogens with one attached hydrogen (secondary N) is 2. The summed E-state index contributed by atoms with van der Waals surface area (Å²) in [6.45, 7) is 4.64. The zero-order valence-electron chi connectivity index (χ0n) is 17.2. The fourth-order valence-corrected chi connectivity index (χ4v) is 4.48. The Bertz CT molecular complexity index is 1020. The third kappa shape index (κ3) is 5.06. The fourth-order valence-electron chi connectivity index (χ4n) is 3.41. The zero-order valence-corrected chi connectivity index (χ0v) is 18.0. The Morgan fingerprint density at radius 3 is 2.50 bits per heavy atom. The van der Waals surface area contributed by atoms with Crippen LogP contribution in [0.15, 0.2) is 53.4 Å². The number of benzene rings is 2. The molecular weight excluding hydrogens is 402 g/mol. The van der Waals surface area contributed by atoms with Gasteiger partial charge in [-0.05, 0) is 49.2 Å². The minimum Gasteiger partial charge on any atom is -0.326 e. The van der Waals surface area contributed by atoms with Gasteiger partial charge in [-0.2, -0.15) is 0 Å². The van der Waals surface area contributed by atoms with Gasteiger partial charge in [0.25, 0.3) is 0 Å². The molecule has 160 valence electrons. The molecule has 0 bridgehead atoms. The summed E-state index contributed by atoms with van der Waals surface area (Å²) in [5, 5.41) is 2.79. The number of sulfonamides is 1. The number of anilines is 2. The first-order chi connectivity index (χ1) is 14.3. The summed E-state index contributed by atoms with van der Waals surface area (Å²) in [5.74, 6) is -0.795. The van der Waals surface area contributed by atoms with E-state index in [1.54, 1.807) is 17.0 Å². The molecule has 1 aliphatic rings. The van der Waals surface area contributed by atoms with Crippen molar-refractivity contribution in [1.82, 2.24) is 4.72 Å². The van der Waals surface area contributed by atoms with Crippen LogP contribution in [0, 0.1) is 12.8 Å². The Labute approximate surface area is 177 Å². The molecule has 2 aromatic carbocycles. The first-order valence-corrected chi connectivity index (χ1v) is 11.6. The smallest absolute Gasteiger partial charge is 0.240 e. The van der Waals surface area contributed by atoms with Crippen molar-refractivity contribution in [2.45, 2.75) is 38.0 Å². The summed E-state index contributed by atoms with van der Waals surface area (Å²) in [4.78, 5) is 26.9. The van der Waals surface area contributed by atoms with Gasteiger partial charge in [0.05, 0.1) is 10.8 Å². The van der Waals surface area contributed by atoms with Crippen LogP contribution in [0.2, 0.25) is 0 Å². The van der Waals surface area contributed by atoms with Crippen molar-refractivity contribution in [3.05, 3.63) is 54.1 Å². The number of rotatable bonds is 8. The van der Waals surface area contributed by atoms with Gasteiger partial charge in [0.15, 0.2) is 0 Å². The Morgan fingerprint density at radius 2 is 1.83 bits per heavy atom. The lowest BCUT2D eigenvalue weighted by Crippen LogP contribution is -2.28. The number of carbonyl (C=O) groups excluding carboxylic acids is 2. The number of para-hydroxylation sites is 1. The molecule has 0 radical (unpaired) electrons. The highest BCUT2D eigenvalue weighted by Crippen LogP contribution is 2.28. The molecule has 0 spiro atoms. The van der Waals surface area contributed by atoms with Crippen molar-refractivity contribution in [2.75, 3.05) is 23.3 Å². The number of amides is 2. The zero-order chi connectivity index (χ0) is 21.7. The van der Waals surface area contributed by atoms with E-state index in [1.165, 1.54) is 12.1 Å². The number of aryl methyl sites for hydroxylation is 1. The molecule has 0 saturated carbocycles. The number of hydrogen-bond donors (Lipinski definition) is 2. The Hall–Kier alpha value is -2.71. The van der Waals surface area contributed by atoms with Crippen LogP contribution < -0.4 is 14.9 Å². The first kappa shape index (κ1) is 22.0. The summed E-state index contributed by atoms with van der Waals surface area (Å²) >= 11 is 0. The minimum absolute atomic E-state index is 0.0796. The Morgan fingerprint density at radius 1 is 1.13 bits per heavy atom. The minimum atomic E-state index is -3.56. The lowest BCUT2D eigenvalue weighted by atomic mass is 10.1. The molecular formula is C22H27N3O4S. The molecule has 3 rings (SSSR count). The van der Waals surface area contributed by atoms with Gasteiger partial charge in [0, 0.05) is 30.9 Å². The fraction of sp³-hybridized carbons (Fsp3) is 0.364. The molecule has 8 heteroatoms. The predicted octanol–water partition coefficient (Wildman–Crippen LogP) is 3.07. The van der Waals surface area contributed by atoms with Crippen molar-refractivity contribution in [1.29, 1.82) is 0 Å². The summed E-state index contributed by atoms with van der Waals surface area (Å²) in [5.41, 5.74) is 2.30. The molecule has 1 saturated heterocycles. The molecule has 7 nitrogen and oxygen atoms in total. The van der Waals surface area contributed by atoms with E-state index in [-0.39, 0.29) is 23.1 Å². The maximum atomic E-state index is 12.7. The topological polar surface area (TPSA) is 95.6 Å². The number of unbranched alkanes of at least 4 members (excludes halogenated alkanes) is 1. The number of hydrogen-bond acceptors (Lipinski definition) is 4. The van der Waals surface area contributed by atoms with Crippen LogP contribution in [0.3, 0.4) is 0 Å². The quantitative estimate of drug-likeness (QED) is 0.631. The maximum Gasteiger partial charge on any atom is 0.240 e. The highest BCUT2D eigenvalue weighted by Gasteiger charge is 2.35. The van der Waals surface area contributed by atoms with E-state index in [9.17, 15) is 18.0 Å². The summed E-state index contributed by atoms with van der Waals surface area (Å²) in [6.07, 6.45) is 1.82. The largest absolute Gasteiger partial charge is 0.326 e. The molecule has 1 aliphatic heterocycles. The second kappa shape index (κ2) is 9.40. The lowest BCUT2D eigenvalue weighted by molar-refractivity contribution is -0.122. The highest BCUT2D eigenvalue weighted by molar-refractivity contribution is 7.89. The van der Waals surface area contributed by atoms with Crippen molar-refractivity contribution in [3.63, 3.8) is 0 Å². The van der Waals surface area contributed by atoms with Gasteiger partial charge in [-0.1, -0.05) is 31.5 Å². The number of carbonyl (C=O) groups is 2. The third-order valence-corrected chi connectivity index (χ3v) is 6.63. The second-order valence-electron chi connectivity index (χ2n) is 7.46. The van der Waals surface area contributed by atoms with Crippen LogP contribution in [0.1, 0.15) is 31.7 Å². The lowest BCUT2D eigenvalue weighted by Gasteiger charge is -2.19. The first-order valence-electron chi connectivity index (χ1n) is 10.1. The van der Waals surface area contributed by atoms with Gasteiger partial charge < -0.3 is 10.2 Å². The molecule has 1 unspecified atom stereocenters. The summed E-state index contributed by atoms with van der Waals surface area (Å²) in [6, 6.07) is 13.6. The predicted molar refractivity (Wildman–Crippen MR) is 117 cm³/mol. The molecule has 2 N–H and O–H groups in total. The number of nitrogens with zero attached hydrogens (tertiary/aromatic N) is 1. The van der Waals surface area contributed by atoms with E-state index in [2.05, 4.69) is 10.0 Å². The standard InChI is InChI=1S/C22H27N3O4S/c1-3-4-13-23-30(28,29)19-11-9-18(10-12-19)24-22(27)17-14-21(26)25(15-17)20-8-6-5-7-16(20)2/h5-12,17,23H,3-4,13-15H2,1-2H3,(H,24,27). The van der Waals surface area contributed by atoms with Crippen LogP contribution in [0.5, 0.6) is 0 Å². The molecule has 1 heterocycles. The van der Waals surface area contributed by atoms with E-state index in [4.69, 9.17) is 0 Å². The van der Waals surface area contributed by atoms with Crippen LogP contribution in [0.4, 0.5) is 11.4 Å². The van der Waals surface area contributed by atoms with Crippen LogP contribution in [0.25, 0.3) is 0 Å². The molecule has 1 atom stereocenters. The monoisotopic (exact) mass is 429 g/mol. The van der Waals surface area contributed by atoms with Gasteiger partial charge >= 0.3 is 0 Å². The summed E-state index contributed by atoms with van der Waals surface area (Å²) in [7, 11) is -3.56. The normalized spacial score (nSPS) is 16.7. The molecule has 0 aliphatic carbocycles. The van der Waals surface area contributed by atoms with Gasteiger partial charge in [0.1, 0.15) is 0 Å². The van der Waals surface area contributed by atoms with Crippen molar-refractivity contribution in [3.8, 4) is 0 Å². The van der Waals surface area contributed by atoms with Crippen molar-refractivity contribution in [2.24, 2.45) is 5.92 Å². The van der Waals surface area contributed by atoms with Crippen molar-refractivity contribution < 1.29 is 18.0 Å².